The first-order valence-corrected chi connectivity index (χ1v) is 4.54. The van der Waals surface area contributed by atoms with Crippen LogP contribution < -0.4 is 5.43 Å². The number of aromatic nitrogens is 1. The van der Waals surface area contributed by atoms with Crippen LogP contribution in [-0.4, -0.2) is 15.6 Å². The van der Waals surface area contributed by atoms with Crippen molar-refractivity contribution in [1.29, 1.82) is 0 Å². The maximum atomic E-state index is 13.6. The van der Waals surface area contributed by atoms with Gasteiger partial charge in [-0.05, 0) is 12.1 Å². The van der Waals surface area contributed by atoms with Gasteiger partial charge in [0, 0.05) is 12.4 Å². The van der Waals surface area contributed by atoms with E-state index in [-0.39, 0.29) is 5.39 Å². The van der Waals surface area contributed by atoms with Gasteiger partial charge in [0.05, 0.1) is 5.52 Å². The molecule has 1 heterocycles. The largest absolute Gasteiger partial charge is 0.477 e. The predicted octanol–water partition coefficient (Wildman–Crippen LogP) is 1.38. The number of para-hydroxylation sites is 1. The zero-order chi connectivity index (χ0) is 11.9. The summed E-state index contributed by atoms with van der Waals surface area (Å²) in [5.41, 5.74) is -1.24. The highest BCUT2D eigenvalue weighted by Crippen LogP contribution is 2.13. The number of rotatable bonds is 1. The van der Waals surface area contributed by atoms with Crippen molar-refractivity contribution in [3.05, 3.63) is 46.0 Å². The minimum absolute atomic E-state index is 0.198. The lowest BCUT2D eigenvalue weighted by Crippen LogP contribution is -2.22. The Morgan fingerprint density at radius 1 is 1.38 bits per heavy atom. The molecule has 0 spiro atoms. The van der Waals surface area contributed by atoms with Crippen molar-refractivity contribution in [1.82, 2.24) is 4.57 Å². The van der Waals surface area contributed by atoms with E-state index in [9.17, 15) is 14.0 Å². The molecule has 2 aromatic rings. The van der Waals surface area contributed by atoms with Crippen LogP contribution in [0.2, 0.25) is 0 Å². The molecular weight excluding hydrogens is 213 g/mol. The van der Waals surface area contributed by atoms with Crippen LogP contribution in [0.1, 0.15) is 10.4 Å². The standard InChI is InChI=1S/C11H8FNO3/c1-13-7-5-3-2-4-6(7)9(14)8(10(13)12)11(15)16/h2-5H,1H3,(H,15,16). The van der Waals surface area contributed by atoms with Crippen LogP contribution in [0.25, 0.3) is 10.9 Å². The molecule has 0 saturated heterocycles. The molecule has 0 unspecified atom stereocenters. The number of carbonyl (C=O) groups is 1. The van der Waals surface area contributed by atoms with Crippen LogP contribution in [0.4, 0.5) is 4.39 Å². The lowest BCUT2D eigenvalue weighted by Gasteiger charge is -2.08. The van der Waals surface area contributed by atoms with E-state index in [4.69, 9.17) is 5.11 Å². The fourth-order valence-corrected chi connectivity index (χ4v) is 1.65. The Balaban J connectivity index is 3.07. The van der Waals surface area contributed by atoms with E-state index in [2.05, 4.69) is 0 Å². The predicted molar refractivity (Wildman–Crippen MR) is 56.1 cm³/mol. The molecule has 0 fully saturated rings. The average molecular weight is 221 g/mol. The first-order valence-electron chi connectivity index (χ1n) is 4.54. The third kappa shape index (κ3) is 1.29. The summed E-state index contributed by atoms with van der Waals surface area (Å²) in [5.74, 6) is -2.58. The molecule has 0 amide bonds. The first-order chi connectivity index (χ1) is 7.54. The van der Waals surface area contributed by atoms with Crippen molar-refractivity contribution in [3.8, 4) is 0 Å². The van der Waals surface area contributed by atoms with Gasteiger partial charge in [0.15, 0.2) is 5.56 Å². The molecule has 0 saturated carbocycles. The maximum absolute atomic E-state index is 13.6. The van der Waals surface area contributed by atoms with Crippen molar-refractivity contribution in [2.24, 2.45) is 7.05 Å². The third-order valence-corrected chi connectivity index (χ3v) is 2.45. The van der Waals surface area contributed by atoms with Gasteiger partial charge in [-0.3, -0.25) is 4.79 Å². The van der Waals surface area contributed by atoms with E-state index in [1.54, 1.807) is 18.2 Å². The fourth-order valence-electron chi connectivity index (χ4n) is 1.65. The van der Waals surface area contributed by atoms with E-state index in [0.717, 1.165) is 4.57 Å². The zero-order valence-corrected chi connectivity index (χ0v) is 8.40. The number of hydrogen-bond acceptors (Lipinski definition) is 2. The van der Waals surface area contributed by atoms with Crippen LogP contribution in [0.15, 0.2) is 29.1 Å². The molecular formula is C11H8FNO3. The molecule has 0 aliphatic rings. The lowest BCUT2D eigenvalue weighted by molar-refractivity contribution is 0.0688. The summed E-state index contributed by atoms with van der Waals surface area (Å²) in [5, 5.41) is 8.98. The van der Waals surface area contributed by atoms with Crippen molar-refractivity contribution >= 4 is 16.9 Å². The Labute approximate surface area is 89.6 Å². The zero-order valence-electron chi connectivity index (χ0n) is 8.40. The van der Waals surface area contributed by atoms with Gasteiger partial charge in [0.1, 0.15) is 0 Å². The van der Waals surface area contributed by atoms with Gasteiger partial charge in [-0.1, -0.05) is 12.1 Å². The smallest absolute Gasteiger partial charge is 0.344 e. The van der Waals surface area contributed by atoms with Gasteiger partial charge in [0.2, 0.25) is 11.4 Å². The SMILES string of the molecule is Cn1c(F)c(C(=O)O)c(=O)c2ccccc21. The molecule has 1 N–H and O–H groups in total. The van der Waals surface area contributed by atoms with Gasteiger partial charge in [-0.2, -0.15) is 4.39 Å². The van der Waals surface area contributed by atoms with Gasteiger partial charge in [0.25, 0.3) is 0 Å². The van der Waals surface area contributed by atoms with E-state index in [1.807, 2.05) is 0 Å². The summed E-state index contributed by atoms with van der Waals surface area (Å²) in [6.45, 7) is 0. The number of carboxylic acids is 1. The molecule has 2 rings (SSSR count). The molecule has 16 heavy (non-hydrogen) atoms. The number of benzene rings is 1. The number of fused-ring (bicyclic) bond motifs is 1. The monoisotopic (exact) mass is 221 g/mol. The number of carboxylic acid groups (broad SMARTS) is 1. The van der Waals surface area contributed by atoms with Gasteiger partial charge >= 0.3 is 5.97 Å². The third-order valence-electron chi connectivity index (χ3n) is 2.45. The minimum Gasteiger partial charge on any atom is -0.477 e. The highest BCUT2D eigenvalue weighted by Gasteiger charge is 2.20. The topological polar surface area (TPSA) is 59.3 Å². The molecule has 5 heteroatoms. The van der Waals surface area contributed by atoms with Gasteiger partial charge < -0.3 is 9.67 Å². The maximum Gasteiger partial charge on any atom is 0.344 e. The van der Waals surface area contributed by atoms with E-state index < -0.39 is 22.9 Å². The van der Waals surface area contributed by atoms with Crippen LogP contribution in [0.3, 0.4) is 0 Å². The van der Waals surface area contributed by atoms with Crippen molar-refractivity contribution in [3.63, 3.8) is 0 Å². The Kier molecular flexibility index (Phi) is 2.23. The molecule has 0 bridgehead atoms. The van der Waals surface area contributed by atoms with Gasteiger partial charge in [-0.25, -0.2) is 4.79 Å². The molecule has 0 aliphatic carbocycles. The average Bonchev–Trinajstić information content (AvgIpc) is 2.26. The Hall–Kier alpha value is -2.17. The van der Waals surface area contributed by atoms with Crippen LogP contribution >= 0.6 is 0 Å². The molecule has 1 aromatic heterocycles. The Morgan fingerprint density at radius 3 is 2.62 bits per heavy atom. The summed E-state index contributed by atoms with van der Waals surface area (Å²) < 4.78 is 14.7. The molecule has 0 radical (unpaired) electrons. The van der Waals surface area contributed by atoms with E-state index in [1.165, 1.54) is 13.1 Å². The number of halogens is 1. The summed E-state index contributed by atoms with van der Waals surface area (Å²) in [6, 6.07) is 6.30. The molecule has 1 aromatic carbocycles. The minimum atomic E-state index is -1.55. The van der Waals surface area contributed by atoms with E-state index >= 15 is 0 Å². The van der Waals surface area contributed by atoms with Gasteiger partial charge in [-0.15, -0.1) is 0 Å². The Bertz CT molecular complexity index is 645. The second-order valence-corrected chi connectivity index (χ2v) is 3.38. The number of aromatic carboxylic acids is 1. The molecule has 4 nitrogen and oxygen atoms in total. The summed E-state index contributed by atoms with van der Waals surface area (Å²) in [7, 11) is 1.38. The highest BCUT2D eigenvalue weighted by molar-refractivity contribution is 5.92. The number of aryl methyl sites for hydroxylation is 1. The van der Waals surface area contributed by atoms with Crippen molar-refractivity contribution in [2.45, 2.75) is 0 Å². The van der Waals surface area contributed by atoms with E-state index in [0.29, 0.717) is 5.52 Å². The van der Waals surface area contributed by atoms with Crippen LogP contribution in [0.5, 0.6) is 0 Å². The Morgan fingerprint density at radius 2 is 2.00 bits per heavy atom. The molecule has 0 aliphatic heterocycles. The van der Waals surface area contributed by atoms with Crippen molar-refractivity contribution in [2.75, 3.05) is 0 Å². The molecule has 82 valence electrons. The number of pyridine rings is 1. The molecule has 0 atom stereocenters. The van der Waals surface area contributed by atoms with Crippen LogP contribution in [-0.2, 0) is 7.05 Å². The summed E-state index contributed by atoms with van der Waals surface area (Å²) in [6.07, 6.45) is 0. The number of hydrogen-bond donors (Lipinski definition) is 1. The lowest BCUT2D eigenvalue weighted by atomic mass is 10.1. The number of nitrogens with zero attached hydrogens (tertiary/aromatic N) is 1. The van der Waals surface area contributed by atoms with Crippen LogP contribution in [0, 0.1) is 5.95 Å². The fraction of sp³-hybridized carbons (Fsp3) is 0.0909. The second-order valence-electron chi connectivity index (χ2n) is 3.38. The first kappa shape index (κ1) is 10.4. The summed E-state index contributed by atoms with van der Waals surface area (Å²) >= 11 is 0. The van der Waals surface area contributed by atoms with Crippen molar-refractivity contribution < 1.29 is 14.3 Å². The normalized spacial score (nSPS) is 10.6. The highest BCUT2D eigenvalue weighted by atomic mass is 19.1. The quantitative estimate of drug-likeness (QED) is 0.740. The summed E-state index contributed by atoms with van der Waals surface area (Å²) in [4.78, 5) is 22.5. The second kappa shape index (κ2) is 3.44.